The van der Waals surface area contributed by atoms with Crippen molar-refractivity contribution in [2.45, 2.75) is 25.4 Å². The van der Waals surface area contributed by atoms with Crippen LogP contribution < -0.4 is 11.1 Å². The van der Waals surface area contributed by atoms with Crippen LogP contribution in [0.25, 0.3) is 0 Å². The number of benzene rings is 1. The number of piperazine rings is 1. The Bertz CT molecular complexity index is 416. The van der Waals surface area contributed by atoms with Crippen molar-refractivity contribution >= 4 is 5.91 Å². The second kappa shape index (κ2) is 5.08. The van der Waals surface area contributed by atoms with E-state index in [1.54, 1.807) is 6.92 Å². The van der Waals surface area contributed by atoms with Crippen LogP contribution in [-0.4, -0.2) is 36.5 Å². The van der Waals surface area contributed by atoms with Crippen LogP contribution in [0.2, 0.25) is 0 Å². The Kier molecular flexibility index (Phi) is 3.68. The molecule has 3 N–H and O–H groups in total. The quantitative estimate of drug-likeness (QED) is 0.808. The van der Waals surface area contributed by atoms with E-state index in [1.165, 1.54) is 0 Å². The molecule has 0 radical (unpaired) electrons. The number of hydrogen-bond donors (Lipinski definition) is 2. The van der Waals surface area contributed by atoms with E-state index in [0.717, 1.165) is 25.2 Å². The summed E-state index contributed by atoms with van der Waals surface area (Å²) in [7, 11) is 0. The van der Waals surface area contributed by atoms with Crippen LogP contribution in [0, 0.1) is 0 Å². The molecule has 1 fully saturated rings. The fraction of sp³-hybridized carbons (Fsp3) is 0.500. The molecule has 0 bridgehead atoms. The number of amides is 1. The summed E-state index contributed by atoms with van der Waals surface area (Å²) in [6.45, 7) is 6.15. The molecule has 2 atom stereocenters. The van der Waals surface area contributed by atoms with Crippen molar-refractivity contribution in [2.24, 2.45) is 5.73 Å². The molecule has 0 aromatic heterocycles. The highest BCUT2D eigenvalue weighted by molar-refractivity contribution is 5.87. The van der Waals surface area contributed by atoms with Crippen LogP contribution in [0.15, 0.2) is 30.3 Å². The van der Waals surface area contributed by atoms with E-state index in [1.807, 2.05) is 35.2 Å². The van der Waals surface area contributed by atoms with Crippen molar-refractivity contribution in [1.82, 2.24) is 10.2 Å². The predicted octanol–water partition coefficient (Wildman–Crippen LogP) is 0.681. The molecule has 1 amide bonds. The predicted molar refractivity (Wildman–Crippen MR) is 72.0 cm³/mol. The average Bonchev–Trinajstić information content (AvgIpc) is 2.39. The topological polar surface area (TPSA) is 58.4 Å². The summed E-state index contributed by atoms with van der Waals surface area (Å²) in [6.07, 6.45) is 0. The average molecular weight is 247 g/mol. The van der Waals surface area contributed by atoms with Crippen molar-refractivity contribution in [2.75, 3.05) is 19.6 Å². The Morgan fingerprint density at radius 3 is 2.72 bits per heavy atom. The third-order valence-electron chi connectivity index (χ3n) is 3.47. The Hall–Kier alpha value is -1.39. The molecule has 0 spiro atoms. The number of nitrogens with one attached hydrogen (secondary N) is 1. The van der Waals surface area contributed by atoms with Gasteiger partial charge in [0.1, 0.15) is 5.54 Å². The van der Waals surface area contributed by atoms with Gasteiger partial charge in [-0.1, -0.05) is 30.3 Å². The number of carbonyl (C=O) groups is 1. The van der Waals surface area contributed by atoms with Gasteiger partial charge in [0, 0.05) is 25.7 Å². The SMILES string of the molecule is CC1CN(C(=O)C(C)(N)c2ccccc2)CCN1. The lowest BCUT2D eigenvalue weighted by Crippen LogP contribution is -2.58. The van der Waals surface area contributed by atoms with Gasteiger partial charge in [0.2, 0.25) is 5.91 Å². The van der Waals surface area contributed by atoms with Crippen LogP contribution in [0.4, 0.5) is 0 Å². The number of rotatable bonds is 2. The first-order valence-corrected chi connectivity index (χ1v) is 6.39. The highest BCUT2D eigenvalue weighted by Gasteiger charge is 2.35. The molecule has 0 aliphatic carbocycles. The monoisotopic (exact) mass is 247 g/mol. The lowest BCUT2D eigenvalue weighted by Gasteiger charge is -2.37. The molecular formula is C14H21N3O. The molecule has 2 rings (SSSR count). The standard InChI is InChI=1S/C14H21N3O/c1-11-10-17(9-8-16-11)13(18)14(2,15)12-6-4-3-5-7-12/h3-7,11,16H,8-10,15H2,1-2H3. The number of nitrogens with zero attached hydrogens (tertiary/aromatic N) is 1. The van der Waals surface area contributed by atoms with E-state index in [2.05, 4.69) is 12.2 Å². The third-order valence-corrected chi connectivity index (χ3v) is 3.47. The summed E-state index contributed by atoms with van der Waals surface area (Å²) in [6, 6.07) is 9.89. The van der Waals surface area contributed by atoms with Gasteiger partial charge in [0.25, 0.3) is 0 Å². The molecule has 2 unspecified atom stereocenters. The first-order chi connectivity index (χ1) is 8.51. The molecule has 1 aromatic rings. The molecule has 1 saturated heterocycles. The summed E-state index contributed by atoms with van der Waals surface area (Å²) in [5, 5.41) is 3.32. The summed E-state index contributed by atoms with van der Waals surface area (Å²) in [5.41, 5.74) is 6.16. The van der Waals surface area contributed by atoms with E-state index in [9.17, 15) is 4.79 Å². The Morgan fingerprint density at radius 1 is 1.44 bits per heavy atom. The zero-order valence-corrected chi connectivity index (χ0v) is 11.0. The van der Waals surface area contributed by atoms with Gasteiger partial charge >= 0.3 is 0 Å². The number of hydrogen-bond acceptors (Lipinski definition) is 3. The molecule has 1 aliphatic rings. The van der Waals surface area contributed by atoms with E-state index in [-0.39, 0.29) is 5.91 Å². The number of nitrogens with two attached hydrogens (primary N) is 1. The lowest BCUT2D eigenvalue weighted by atomic mass is 9.91. The Morgan fingerprint density at radius 2 is 2.11 bits per heavy atom. The Labute approximate surface area is 108 Å². The molecule has 0 saturated carbocycles. The smallest absolute Gasteiger partial charge is 0.247 e. The van der Waals surface area contributed by atoms with E-state index in [4.69, 9.17) is 5.73 Å². The van der Waals surface area contributed by atoms with Crippen LogP contribution >= 0.6 is 0 Å². The maximum absolute atomic E-state index is 12.5. The largest absolute Gasteiger partial charge is 0.338 e. The van der Waals surface area contributed by atoms with E-state index < -0.39 is 5.54 Å². The summed E-state index contributed by atoms with van der Waals surface area (Å²) in [4.78, 5) is 14.4. The maximum atomic E-state index is 12.5. The van der Waals surface area contributed by atoms with Gasteiger partial charge in [-0.25, -0.2) is 0 Å². The van der Waals surface area contributed by atoms with Crippen molar-refractivity contribution in [3.8, 4) is 0 Å². The van der Waals surface area contributed by atoms with Gasteiger partial charge < -0.3 is 16.0 Å². The molecule has 18 heavy (non-hydrogen) atoms. The minimum atomic E-state index is -0.946. The fourth-order valence-corrected chi connectivity index (χ4v) is 2.35. The van der Waals surface area contributed by atoms with Gasteiger partial charge in [-0.05, 0) is 19.4 Å². The number of carbonyl (C=O) groups excluding carboxylic acids is 1. The molecule has 1 heterocycles. The molecule has 1 aromatic carbocycles. The van der Waals surface area contributed by atoms with Crippen molar-refractivity contribution in [3.63, 3.8) is 0 Å². The summed E-state index contributed by atoms with van der Waals surface area (Å²) in [5.74, 6) is 0.00190. The van der Waals surface area contributed by atoms with Crippen LogP contribution in [0.1, 0.15) is 19.4 Å². The normalized spacial score (nSPS) is 23.5. The Balaban J connectivity index is 2.17. The molecule has 98 valence electrons. The molecule has 4 heteroatoms. The zero-order chi connectivity index (χ0) is 13.2. The minimum Gasteiger partial charge on any atom is -0.338 e. The zero-order valence-electron chi connectivity index (χ0n) is 11.0. The molecular weight excluding hydrogens is 226 g/mol. The van der Waals surface area contributed by atoms with E-state index in [0.29, 0.717) is 6.04 Å². The second-order valence-corrected chi connectivity index (χ2v) is 5.17. The van der Waals surface area contributed by atoms with Gasteiger partial charge in [0.15, 0.2) is 0 Å². The van der Waals surface area contributed by atoms with Crippen molar-refractivity contribution < 1.29 is 4.79 Å². The van der Waals surface area contributed by atoms with Gasteiger partial charge in [-0.3, -0.25) is 4.79 Å². The summed E-state index contributed by atoms with van der Waals surface area (Å²) < 4.78 is 0. The van der Waals surface area contributed by atoms with Crippen LogP contribution in [0.5, 0.6) is 0 Å². The van der Waals surface area contributed by atoms with Gasteiger partial charge in [-0.15, -0.1) is 0 Å². The first kappa shape index (κ1) is 13.1. The van der Waals surface area contributed by atoms with Crippen molar-refractivity contribution in [1.29, 1.82) is 0 Å². The van der Waals surface area contributed by atoms with Crippen molar-refractivity contribution in [3.05, 3.63) is 35.9 Å². The van der Waals surface area contributed by atoms with Gasteiger partial charge in [0.05, 0.1) is 0 Å². The van der Waals surface area contributed by atoms with Crippen LogP contribution in [0.3, 0.4) is 0 Å². The lowest BCUT2D eigenvalue weighted by molar-refractivity contribution is -0.137. The van der Waals surface area contributed by atoms with Gasteiger partial charge in [-0.2, -0.15) is 0 Å². The molecule has 1 aliphatic heterocycles. The maximum Gasteiger partial charge on any atom is 0.247 e. The highest BCUT2D eigenvalue weighted by Crippen LogP contribution is 2.20. The highest BCUT2D eigenvalue weighted by atomic mass is 16.2. The third kappa shape index (κ3) is 2.54. The second-order valence-electron chi connectivity index (χ2n) is 5.17. The first-order valence-electron chi connectivity index (χ1n) is 6.39. The summed E-state index contributed by atoms with van der Waals surface area (Å²) >= 11 is 0. The van der Waals surface area contributed by atoms with Crippen LogP contribution in [-0.2, 0) is 10.3 Å². The minimum absolute atomic E-state index is 0.00190. The van der Waals surface area contributed by atoms with E-state index >= 15 is 0 Å². The molecule has 4 nitrogen and oxygen atoms in total. The fourth-order valence-electron chi connectivity index (χ4n) is 2.35.